The summed E-state index contributed by atoms with van der Waals surface area (Å²) in [6, 6.07) is 14.4. The number of carbonyl (C=O) groups excluding carboxylic acids is 1. The first-order valence-corrected chi connectivity index (χ1v) is 13.0. The van der Waals surface area contributed by atoms with Crippen LogP contribution in [0.5, 0.6) is 11.5 Å². The van der Waals surface area contributed by atoms with Crippen molar-refractivity contribution in [2.45, 2.75) is 51.8 Å². The third-order valence-electron chi connectivity index (χ3n) is 6.42. The largest absolute Gasteiger partial charge is 0.494 e. The van der Waals surface area contributed by atoms with Gasteiger partial charge < -0.3 is 24.6 Å². The Hall–Kier alpha value is -3.98. The van der Waals surface area contributed by atoms with Crippen LogP contribution in [0.2, 0.25) is 0 Å². The molecule has 1 saturated carbocycles. The van der Waals surface area contributed by atoms with Gasteiger partial charge in [0.2, 0.25) is 0 Å². The number of esters is 1. The number of carboxylic acids is 1. The van der Waals surface area contributed by atoms with Crippen LogP contribution >= 0.6 is 0 Å². The summed E-state index contributed by atoms with van der Waals surface area (Å²) in [5, 5.41) is 12.1. The van der Waals surface area contributed by atoms with Gasteiger partial charge in [-0.15, -0.1) is 0 Å². The Kier molecular flexibility index (Phi) is 9.85. The van der Waals surface area contributed by atoms with Gasteiger partial charge in [-0.1, -0.05) is 12.1 Å². The van der Waals surface area contributed by atoms with Crippen molar-refractivity contribution in [3.63, 3.8) is 0 Å². The first kappa shape index (κ1) is 28.0. The number of hydrogen-bond donors (Lipinski definition) is 2. The van der Waals surface area contributed by atoms with E-state index in [4.69, 9.17) is 19.3 Å². The molecule has 1 aliphatic carbocycles. The van der Waals surface area contributed by atoms with E-state index >= 15 is 0 Å². The SMILES string of the molecule is COc1ccc(CNCc2cc(-c3ncccc3COC(=O)CCCC(=O)O)ccc2OCC2CC2)cc1F. The number of hydrogen-bond acceptors (Lipinski definition) is 7. The number of nitrogens with one attached hydrogen (secondary N) is 1. The molecule has 39 heavy (non-hydrogen) atoms. The summed E-state index contributed by atoms with van der Waals surface area (Å²) in [6.07, 6.45) is 4.24. The monoisotopic (exact) mass is 536 g/mol. The average Bonchev–Trinajstić information content (AvgIpc) is 3.76. The quantitative estimate of drug-likeness (QED) is 0.253. The summed E-state index contributed by atoms with van der Waals surface area (Å²) in [5.41, 5.74) is 4.00. The van der Waals surface area contributed by atoms with Crippen molar-refractivity contribution >= 4 is 11.9 Å². The molecule has 4 rings (SSSR count). The van der Waals surface area contributed by atoms with E-state index in [0.29, 0.717) is 31.3 Å². The number of benzene rings is 2. The van der Waals surface area contributed by atoms with Gasteiger partial charge in [-0.3, -0.25) is 14.6 Å². The van der Waals surface area contributed by atoms with Crippen LogP contribution in [0, 0.1) is 11.7 Å². The molecular weight excluding hydrogens is 503 g/mol. The second kappa shape index (κ2) is 13.7. The molecule has 2 N–H and O–H groups in total. The molecule has 2 aromatic carbocycles. The second-order valence-electron chi connectivity index (χ2n) is 9.57. The smallest absolute Gasteiger partial charge is 0.306 e. The Morgan fingerprint density at radius 2 is 1.87 bits per heavy atom. The first-order chi connectivity index (χ1) is 18.9. The maximum absolute atomic E-state index is 14.1. The van der Waals surface area contributed by atoms with Crippen LogP contribution in [-0.4, -0.2) is 35.7 Å². The van der Waals surface area contributed by atoms with Gasteiger partial charge in [0.1, 0.15) is 12.4 Å². The molecule has 0 aliphatic heterocycles. The normalized spacial score (nSPS) is 12.7. The molecule has 0 bridgehead atoms. The fourth-order valence-electron chi connectivity index (χ4n) is 4.09. The molecule has 8 nitrogen and oxygen atoms in total. The highest BCUT2D eigenvalue weighted by atomic mass is 19.1. The van der Waals surface area contributed by atoms with Crippen molar-refractivity contribution < 1.29 is 33.3 Å². The molecule has 0 atom stereocenters. The van der Waals surface area contributed by atoms with E-state index in [9.17, 15) is 14.0 Å². The molecule has 0 saturated heterocycles. The molecule has 0 unspecified atom stereocenters. The Labute approximate surface area is 227 Å². The summed E-state index contributed by atoms with van der Waals surface area (Å²) in [5.74, 6) is -0.211. The van der Waals surface area contributed by atoms with Crippen molar-refractivity contribution in [3.05, 3.63) is 77.2 Å². The van der Waals surface area contributed by atoms with Gasteiger partial charge in [-0.2, -0.15) is 0 Å². The minimum atomic E-state index is -0.941. The molecule has 0 radical (unpaired) electrons. The number of carboxylic acid groups (broad SMARTS) is 1. The van der Waals surface area contributed by atoms with Crippen LogP contribution in [0.4, 0.5) is 4.39 Å². The summed E-state index contributed by atoms with van der Waals surface area (Å²) in [6.45, 7) is 1.65. The minimum Gasteiger partial charge on any atom is -0.494 e. The van der Waals surface area contributed by atoms with E-state index in [0.717, 1.165) is 28.0 Å². The van der Waals surface area contributed by atoms with E-state index in [1.54, 1.807) is 18.3 Å². The molecular formula is C30H33FN2O6. The number of aliphatic carboxylic acids is 1. The van der Waals surface area contributed by atoms with Crippen molar-refractivity contribution in [2.24, 2.45) is 5.92 Å². The first-order valence-electron chi connectivity index (χ1n) is 13.0. The van der Waals surface area contributed by atoms with Gasteiger partial charge >= 0.3 is 11.9 Å². The predicted octanol–water partition coefficient (Wildman–Crippen LogP) is 5.27. The molecule has 1 fully saturated rings. The number of aromatic nitrogens is 1. The van der Waals surface area contributed by atoms with Crippen LogP contribution in [0.25, 0.3) is 11.3 Å². The van der Waals surface area contributed by atoms with Crippen LogP contribution in [0.3, 0.4) is 0 Å². The number of pyridine rings is 1. The molecule has 206 valence electrons. The van der Waals surface area contributed by atoms with E-state index in [-0.39, 0.29) is 31.6 Å². The average molecular weight is 537 g/mol. The number of rotatable bonds is 15. The maximum Gasteiger partial charge on any atom is 0.306 e. The van der Waals surface area contributed by atoms with Gasteiger partial charge in [-0.05, 0) is 67.1 Å². The number of ether oxygens (including phenoxy) is 3. The fourth-order valence-corrected chi connectivity index (χ4v) is 4.09. The van der Waals surface area contributed by atoms with E-state index < -0.39 is 17.8 Å². The summed E-state index contributed by atoms with van der Waals surface area (Å²) >= 11 is 0. The highest BCUT2D eigenvalue weighted by Gasteiger charge is 2.22. The zero-order valence-corrected chi connectivity index (χ0v) is 22.0. The lowest BCUT2D eigenvalue weighted by molar-refractivity contribution is -0.145. The van der Waals surface area contributed by atoms with Gasteiger partial charge in [0.25, 0.3) is 0 Å². The van der Waals surface area contributed by atoms with Crippen LogP contribution < -0.4 is 14.8 Å². The zero-order valence-electron chi connectivity index (χ0n) is 22.0. The van der Waals surface area contributed by atoms with Gasteiger partial charge in [-0.25, -0.2) is 4.39 Å². The summed E-state index contributed by atoms with van der Waals surface area (Å²) in [4.78, 5) is 27.3. The molecule has 0 spiro atoms. The number of carbonyl (C=O) groups is 2. The summed E-state index contributed by atoms with van der Waals surface area (Å²) in [7, 11) is 1.44. The van der Waals surface area contributed by atoms with Gasteiger partial charge in [0.05, 0.1) is 19.4 Å². The fraction of sp³-hybridized carbons (Fsp3) is 0.367. The minimum absolute atomic E-state index is 0.0334. The van der Waals surface area contributed by atoms with Gasteiger partial charge in [0.15, 0.2) is 11.6 Å². The Morgan fingerprint density at radius 1 is 1.05 bits per heavy atom. The Balaban J connectivity index is 1.46. The number of nitrogens with zero attached hydrogens (tertiary/aromatic N) is 1. The van der Waals surface area contributed by atoms with Crippen molar-refractivity contribution in [3.8, 4) is 22.8 Å². The number of halogens is 1. The molecule has 0 amide bonds. The van der Waals surface area contributed by atoms with Crippen molar-refractivity contribution in [2.75, 3.05) is 13.7 Å². The Morgan fingerprint density at radius 3 is 2.62 bits per heavy atom. The van der Waals surface area contributed by atoms with Gasteiger partial charge in [0, 0.05) is 48.8 Å². The van der Waals surface area contributed by atoms with Crippen LogP contribution in [0.1, 0.15) is 48.8 Å². The van der Waals surface area contributed by atoms with E-state index in [1.165, 1.54) is 26.0 Å². The predicted molar refractivity (Wildman–Crippen MR) is 143 cm³/mol. The molecule has 1 heterocycles. The van der Waals surface area contributed by atoms with Crippen LogP contribution in [-0.2, 0) is 34.0 Å². The van der Waals surface area contributed by atoms with E-state index in [2.05, 4.69) is 10.3 Å². The lowest BCUT2D eigenvalue weighted by atomic mass is 10.0. The number of methoxy groups -OCH3 is 1. The standard InChI is InChI=1S/C30H33FN2O6/c1-37-27-11-9-21(14-25(27)31)16-32-17-24-15-22(10-12-26(24)38-18-20-7-8-20)30-23(4-3-13-33-30)19-39-29(36)6-2-5-28(34)35/h3-4,9-15,20,32H,2,5-8,16-19H2,1H3,(H,34,35). The third-order valence-corrected chi connectivity index (χ3v) is 6.42. The molecule has 3 aromatic rings. The maximum atomic E-state index is 14.1. The highest BCUT2D eigenvalue weighted by Crippen LogP contribution is 2.32. The molecule has 1 aliphatic rings. The third kappa shape index (κ3) is 8.51. The molecule has 9 heteroatoms. The Bertz CT molecular complexity index is 1290. The van der Waals surface area contributed by atoms with Crippen molar-refractivity contribution in [1.82, 2.24) is 10.3 Å². The van der Waals surface area contributed by atoms with E-state index in [1.807, 2.05) is 30.3 Å². The zero-order chi connectivity index (χ0) is 27.6. The lowest BCUT2D eigenvalue weighted by Gasteiger charge is -2.15. The summed E-state index contributed by atoms with van der Waals surface area (Å²) < 4.78 is 30.6. The lowest BCUT2D eigenvalue weighted by Crippen LogP contribution is -2.14. The van der Waals surface area contributed by atoms with Crippen LogP contribution in [0.15, 0.2) is 54.7 Å². The molecule has 1 aromatic heterocycles. The van der Waals surface area contributed by atoms with Crippen molar-refractivity contribution in [1.29, 1.82) is 0 Å². The second-order valence-corrected chi connectivity index (χ2v) is 9.57. The highest BCUT2D eigenvalue weighted by molar-refractivity contribution is 5.72. The topological polar surface area (TPSA) is 107 Å².